The fourth-order valence-electron chi connectivity index (χ4n) is 4.68. The van der Waals surface area contributed by atoms with E-state index in [2.05, 4.69) is 11.1 Å². The standard InChI is InChI=1S/C22H24FN3O2S/c1-10-19(18-8-13-7-12(11(2)24)3-6-17(13)29-18)16(23)9-15-20(10)26(14-4-5-14)22(28)25-21(15)27/h8-9,11-12,14H,3-7,24H2,1-2H3,(H,25,27,28). The van der Waals surface area contributed by atoms with Crippen LogP contribution < -0.4 is 17.0 Å². The van der Waals surface area contributed by atoms with Crippen LogP contribution in [0.15, 0.2) is 21.7 Å². The van der Waals surface area contributed by atoms with Gasteiger partial charge in [-0.05, 0) is 75.1 Å². The lowest BCUT2D eigenvalue weighted by Crippen LogP contribution is -2.30. The molecule has 2 heterocycles. The number of thiophene rings is 1. The first kappa shape index (κ1) is 18.8. The number of nitrogens with zero attached hydrogens (tertiary/aromatic N) is 1. The van der Waals surface area contributed by atoms with Crippen LogP contribution >= 0.6 is 11.3 Å². The van der Waals surface area contributed by atoms with Crippen LogP contribution in [-0.4, -0.2) is 15.6 Å². The molecule has 1 fully saturated rings. The highest BCUT2D eigenvalue weighted by Gasteiger charge is 2.30. The van der Waals surface area contributed by atoms with Crippen molar-refractivity contribution in [1.82, 2.24) is 9.55 Å². The number of hydrogen-bond donors (Lipinski definition) is 2. The van der Waals surface area contributed by atoms with E-state index in [1.54, 1.807) is 15.9 Å². The molecule has 152 valence electrons. The third kappa shape index (κ3) is 2.99. The number of aromatic nitrogens is 2. The van der Waals surface area contributed by atoms with Gasteiger partial charge in [-0.25, -0.2) is 9.18 Å². The smallest absolute Gasteiger partial charge is 0.328 e. The first-order chi connectivity index (χ1) is 13.8. The van der Waals surface area contributed by atoms with Crippen LogP contribution in [0.2, 0.25) is 0 Å². The molecule has 0 bridgehead atoms. The molecule has 2 aliphatic rings. The second-order valence-electron chi connectivity index (χ2n) is 8.54. The fraction of sp³-hybridized carbons (Fsp3) is 0.455. The van der Waals surface area contributed by atoms with E-state index < -0.39 is 17.1 Å². The maximum absolute atomic E-state index is 15.2. The highest BCUT2D eigenvalue weighted by atomic mass is 32.1. The maximum atomic E-state index is 15.2. The van der Waals surface area contributed by atoms with Gasteiger partial charge in [0.1, 0.15) is 5.82 Å². The minimum absolute atomic E-state index is 0.0854. The molecule has 0 amide bonds. The average molecular weight is 414 g/mol. The third-order valence-electron chi connectivity index (χ3n) is 6.44. The van der Waals surface area contributed by atoms with Gasteiger partial charge in [0.2, 0.25) is 0 Å². The van der Waals surface area contributed by atoms with Crippen molar-refractivity contribution in [3.05, 3.63) is 54.8 Å². The summed E-state index contributed by atoms with van der Waals surface area (Å²) in [5, 5.41) is 0.244. The van der Waals surface area contributed by atoms with E-state index in [1.165, 1.54) is 16.5 Å². The zero-order valence-corrected chi connectivity index (χ0v) is 17.4. The molecule has 0 saturated heterocycles. The molecule has 2 atom stereocenters. The molecule has 29 heavy (non-hydrogen) atoms. The van der Waals surface area contributed by atoms with Gasteiger partial charge in [0, 0.05) is 27.4 Å². The Bertz CT molecular complexity index is 1250. The van der Waals surface area contributed by atoms with E-state index in [-0.39, 0.29) is 17.5 Å². The summed E-state index contributed by atoms with van der Waals surface area (Å²) < 4.78 is 16.9. The minimum atomic E-state index is -0.527. The Labute approximate surface area is 171 Å². The second kappa shape index (κ2) is 6.64. The molecule has 2 aromatic heterocycles. The van der Waals surface area contributed by atoms with E-state index in [0.717, 1.165) is 37.0 Å². The zero-order valence-electron chi connectivity index (χ0n) is 16.5. The normalized spacial score (nSPS) is 20.1. The molecule has 5 rings (SSSR count). The van der Waals surface area contributed by atoms with E-state index >= 15 is 4.39 Å². The second-order valence-corrected chi connectivity index (χ2v) is 9.67. The average Bonchev–Trinajstić information content (AvgIpc) is 3.40. The summed E-state index contributed by atoms with van der Waals surface area (Å²) in [6.45, 7) is 3.87. The van der Waals surface area contributed by atoms with Crippen LogP contribution in [-0.2, 0) is 12.8 Å². The quantitative estimate of drug-likeness (QED) is 0.688. The summed E-state index contributed by atoms with van der Waals surface area (Å²) in [5.41, 5.74) is 8.17. The highest BCUT2D eigenvalue weighted by molar-refractivity contribution is 7.15. The van der Waals surface area contributed by atoms with Crippen molar-refractivity contribution in [3.63, 3.8) is 0 Å². The van der Waals surface area contributed by atoms with E-state index in [9.17, 15) is 9.59 Å². The molecule has 1 saturated carbocycles. The van der Waals surface area contributed by atoms with Crippen LogP contribution in [0.25, 0.3) is 21.3 Å². The summed E-state index contributed by atoms with van der Waals surface area (Å²) >= 11 is 1.62. The molecule has 3 N–H and O–H groups in total. The van der Waals surface area contributed by atoms with Crippen molar-refractivity contribution >= 4 is 22.2 Å². The zero-order chi connectivity index (χ0) is 20.4. The highest BCUT2D eigenvalue weighted by Crippen LogP contribution is 2.42. The lowest BCUT2D eigenvalue weighted by atomic mass is 9.84. The Morgan fingerprint density at radius 2 is 2.03 bits per heavy atom. The Hall–Kier alpha value is -2.25. The Morgan fingerprint density at radius 3 is 2.72 bits per heavy atom. The van der Waals surface area contributed by atoms with Crippen LogP contribution in [0.4, 0.5) is 4.39 Å². The summed E-state index contributed by atoms with van der Waals surface area (Å²) in [7, 11) is 0. The molecular weight excluding hydrogens is 389 g/mol. The summed E-state index contributed by atoms with van der Waals surface area (Å²) in [6.07, 6.45) is 4.75. The first-order valence-corrected chi connectivity index (χ1v) is 11.0. The molecular formula is C22H24FN3O2S. The largest absolute Gasteiger partial charge is 0.329 e. The van der Waals surface area contributed by atoms with Gasteiger partial charge in [-0.15, -0.1) is 11.3 Å². The molecule has 5 nitrogen and oxygen atoms in total. The SMILES string of the molecule is Cc1c(-c2cc3c(s2)CCC(C(C)N)C3)c(F)cc2c(=O)[nH]c(=O)n(C3CC3)c12. The van der Waals surface area contributed by atoms with Crippen molar-refractivity contribution in [2.45, 2.75) is 58.0 Å². The van der Waals surface area contributed by atoms with Gasteiger partial charge < -0.3 is 5.73 Å². The number of rotatable bonds is 3. The molecule has 3 aromatic rings. The van der Waals surface area contributed by atoms with E-state index in [4.69, 9.17) is 5.73 Å². The van der Waals surface area contributed by atoms with Gasteiger partial charge in [-0.2, -0.15) is 0 Å². The van der Waals surface area contributed by atoms with Gasteiger partial charge in [-0.1, -0.05) is 0 Å². The van der Waals surface area contributed by atoms with Crippen LogP contribution in [0.3, 0.4) is 0 Å². The molecule has 1 aromatic carbocycles. The lowest BCUT2D eigenvalue weighted by molar-refractivity contribution is 0.396. The number of nitrogens with two attached hydrogens (primary N) is 1. The lowest BCUT2D eigenvalue weighted by Gasteiger charge is -2.24. The first-order valence-electron chi connectivity index (χ1n) is 10.2. The fourth-order valence-corrected chi connectivity index (χ4v) is 6.00. The summed E-state index contributed by atoms with van der Waals surface area (Å²) in [4.78, 5) is 29.4. The molecule has 0 radical (unpaired) electrons. The minimum Gasteiger partial charge on any atom is -0.328 e. The number of aromatic amines is 1. The predicted molar refractivity (Wildman–Crippen MR) is 114 cm³/mol. The van der Waals surface area contributed by atoms with Crippen LogP contribution in [0.1, 0.15) is 48.2 Å². The van der Waals surface area contributed by atoms with Crippen molar-refractivity contribution in [2.24, 2.45) is 11.7 Å². The number of nitrogens with one attached hydrogen (secondary N) is 1. The molecule has 2 unspecified atom stereocenters. The number of benzene rings is 1. The Kier molecular flexibility index (Phi) is 4.29. The number of halogens is 1. The van der Waals surface area contributed by atoms with Crippen molar-refractivity contribution in [1.29, 1.82) is 0 Å². The van der Waals surface area contributed by atoms with Gasteiger partial charge in [0.25, 0.3) is 5.56 Å². The van der Waals surface area contributed by atoms with Gasteiger partial charge >= 0.3 is 5.69 Å². The maximum Gasteiger partial charge on any atom is 0.329 e. The molecule has 2 aliphatic carbocycles. The van der Waals surface area contributed by atoms with Crippen LogP contribution in [0, 0.1) is 18.7 Å². The van der Waals surface area contributed by atoms with Crippen molar-refractivity contribution in [2.75, 3.05) is 0 Å². The Morgan fingerprint density at radius 1 is 1.28 bits per heavy atom. The number of hydrogen-bond acceptors (Lipinski definition) is 4. The topological polar surface area (TPSA) is 80.9 Å². The summed E-state index contributed by atoms with van der Waals surface area (Å²) in [5.74, 6) is 0.0370. The van der Waals surface area contributed by atoms with E-state index in [1.807, 2.05) is 13.8 Å². The molecule has 0 spiro atoms. The van der Waals surface area contributed by atoms with Crippen LogP contribution in [0.5, 0.6) is 0 Å². The number of aryl methyl sites for hydroxylation is 2. The van der Waals surface area contributed by atoms with E-state index in [0.29, 0.717) is 22.6 Å². The van der Waals surface area contributed by atoms with Crippen molar-refractivity contribution < 1.29 is 4.39 Å². The van der Waals surface area contributed by atoms with Gasteiger partial charge in [0.05, 0.1) is 10.9 Å². The summed E-state index contributed by atoms with van der Waals surface area (Å²) in [6, 6.07) is 3.60. The van der Waals surface area contributed by atoms with Crippen molar-refractivity contribution in [3.8, 4) is 10.4 Å². The molecule has 7 heteroatoms. The Balaban J connectivity index is 1.72. The monoisotopic (exact) mass is 413 g/mol. The number of H-pyrrole nitrogens is 1. The predicted octanol–water partition coefficient (Wildman–Crippen LogP) is 3.65. The number of fused-ring (bicyclic) bond motifs is 2. The van der Waals surface area contributed by atoms with Gasteiger partial charge in [-0.3, -0.25) is 14.3 Å². The van der Waals surface area contributed by atoms with Gasteiger partial charge in [0.15, 0.2) is 0 Å². The third-order valence-corrected chi connectivity index (χ3v) is 7.70. The molecule has 0 aliphatic heterocycles.